The summed E-state index contributed by atoms with van der Waals surface area (Å²) in [5.41, 5.74) is 5.88. The number of nitrogens with two attached hydrogens (primary N) is 1. The van der Waals surface area contributed by atoms with E-state index in [1.807, 2.05) is 0 Å². The van der Waals surface area contributed by atoms with Gasteiger partial charge >= 0.3 is 11.4 Å². The normalized spacial score (nSPS) is 10.6. The fraction of sp³-hybridized carbons (Fsp3) is 0.0625. The minimum Gasteiger partial charge on any atom is -0.487 e. The molecule has 0 bridgehead atoms. The van der Waals surface area contributed by atoms with Crippen LogP contribution in [0.4, 0.5) is 17.1 Å². The summed E-state index contributed by atoms with van der Waals surface area (Å²) in [4.78, 5) is 24.7. The van der Waals surface area contributed by atoms with Crippen LogP contribution in [0.1, 0.15) is 5.69 Å². The molecular weight excluding hydrogens is 328 g/mol. The molecule has 0 radical (unpaired) electrons. The van der Waals surface area contributed by atoms with Gasteiger partial charge in [0.15, 0.2) is 0 Å². The molecule has 3 rings (SSSR count). The number of anilines is 1. The van der Waals surface area contributed by atoms with E-state index in [0.29, 0.717) is 22.5 Å². The van der Waals surface area contributed by atoms with Crippen molar-refractivity contribution in [1.82, 2.24) is 4.98 Å². The fourth-order valence-corrected chi connectivity index (χ4v) is 2.32. The van der Waals surface area contributed by atoms with Gasteiger partial charge in [0, 0.05) is 29.3 Å². The van der Waals surface area contributed by atoms with Crippen molar-refractivity contribution in [1.29, 1.82) is 0 Å². The second kappa shape index (κ2) is 6.40. The van der Waals surface area contributed by atoms with Crippen molar-refractivity contribution in [2.24, 2.45) is 0 Å². The Morgan fingerprint density at radius 1 is 1.00 bits per heavy atom. The van der Waals surface area contributed by atoms with E-state index < -0.39 is 21.2 Å². The van der Waals surface area contributed by atoms with Crippen molar-refractivity contribution in [3.05, 3.63) is 74.5 Å². The highest BCUT2D eigenvalue weighted by molar-refractivity contribution is 5.85. The fourth-order valence-electron chi connectivity index (χ4n) is 2.32. The number of pyridine rings is 1. The maximum Gasteiger partial charge on any atom is 0.348 e. The van der Waals surface area contributed by atoms with E-state index in [1.165, 1.54) is 0 Å². The van der Waals surface area contributed by atoms with Gasteiger partial charge in [0.25, 0.3) is 0 Å². The minimum absolute atomic E-state index is 0.129. The van der Waals surface area contributed by atoms with Gasteiger partial charge in [-0.05, 0) is 18.2 Å². The monoisotopic (exact) mass is 340 g/mol. The summed E-state index contributed by atoms with van der Waals surface area (Å²) in [6.45, 7) is 0.129. The summed E-state index contributed by atoms with van der Waals surface area (Å²) >= 11 is 0. The van der Waals surface area contributed by atoms with Crippen LogP contribution in [0.15, 0.2) is 48.5 Å². The number of hydrogen-bond donors (Lipinski definition) is 1. The van der Waals surface area contributed by atoms with Gasteiger partial charge in [-0.15, -0.1) is 0 Å². The van der Waals surface area contributed by atoms with E-state index in [2.05, 4.69) is 4.98 Å². The van der Waals surface area contributed by atoms with Gasteiger partial charge < -0.3 is 10.5 Å². The second-order valence-electron chi connectivity index (χ2n) is 5.21. The number of hydrogen-bond acceptors (Lipinski definition) is 7. The standard InChI is InChI=1S/C16H12N4O5/c17-11-2-1-3-13(7-11)25-9-12-5-4-10-6-15(19(21)22)16(20(23)24)8-14(10)18-12/h1-8H,9,17H2. The molecule has 9 nitrogen and oxygen atoms in total. The van der Waals surface area contributed by atoms with Gasteiger partial charge in [0.1, 0.15) is 12.4 Å². The largest absolute Gasteiger partial charge is 0.487 e. The van der Waals surface area contributed by atoms with Gasteiger partial charge in [-0.25, -0.2) is 4.98 Å². The molecule has 25 heavy (non-hydrogen) atoms. The Hall–Kier alpha value is -3.75. The predicted molar refractivity (Wildman–Crippen MR) is 90.2 cm³/mol. The molecular formula is C16H12N4O5. The molecule has 126 valence electrons. The molecule has 1 heterocycles. The number of aromatic nitrogens is 1. The first-order valence-corrected chi connectivity index (χ1v) is 7.15. The molecule has 0 unspecified atom stereocenters. The number of ether oxygens (including phenoxy) is 1. The lowest BCUT2D eigenvalue weighted by Gasteiger charge is -2.07. The van der Waals surface area contributed by atoms with Gasteiger partial charge in [0.2, 0.25) is 0 Å². The topological polar surface area (TPSA) is 134 Å². The SMILES string of the molecule is Nc1cccc(OCc2ccc3cc([N+](=O)[O-])c([N+](=O)[O-])cc3n2)c1. The number of rotatable bonds is 5. The van der Waals surface area contributed by atoms with Crippen LogP contribution in [-0.4, -0.2) is 14.8 Å². The zero-order chi connectivity index (χ0) is 18.0. The molecule has 0 atom stereocenters. The molecule has 0 aliphatic carbocycles. The van der Waals surface area contributed by atoms with E-state index in [-0.39, 0.29) is 12.1 Å². The first-order valence-electron chi connectivity index (χ1n) is 7.15. The van der Waals surface area contributed by atoms with Gasteiger partial charge in [-0.3, -0.25) is 20.2 Å². The Morgan fingerprint density at radius 3 is 2.40 bits per heavy atom. The van der Waals surface area contributed by atoms with Crippen LogP contribution in [0, 0.1) is 20.2 Å². The molecule has 0 fully saturated rings. The van der Waals surface area contributed by atoms with Gasteiger partial charge in [-0.2, -0.15) is 0 Å². The molecule has 0 amide bonds. The lowest BCUT2D eigenvalue weighted by atomic mass is 10.1. The van der Waals surface area contributed by atoms with Crippen LogP contribution in [0.25, 0.3) is 10.9 Å². The van der Waals surface area contributed by atoms with Crippen LogP contribution in [0.5, 0.6) is 5.75 Å². The average Bonchev–Trinajstić information content (AvgIpc) is 2.58. The van der Waals surface area contributed by atoms with Crippen LogP contribution < -0.4 is 10.5 Å². The van der Waals surface area contributed by atoms with Crippen molar-refractivity contribution < 1.29 is 14.6 Å². The van der Waals surface area contributed by atoms with Crippen molar-refractivity contribution >= 4 is 28.0 Å². The first kappa shape index (κ1) is 16.1. The molecule has 2 aromatic carbocycles. The lowest BCUT2D eigenvalue weighted by molar-refractivity contribution is -0.422. The molecule has 3 aromatic rings. The van der Waals surface area contributed by atoms with E-state index >= 15 is 0 Å². The van der Waals surface area contributed by atoms with Crippen LogP contribution >= 0.6 is 0 Å². The van der Waals surface area contributed by atoms with Crippen LogP contribution in [-0.2, 0) is 6.61 Å². The van der Waals surface area contributed by atoms with Crippen molar-refractivity contribution in [3.8, 4) is 5.75 Å². The number of benzene rings is 2. The van der Waals surface area contributed by atoms with E-state index in [0.717, 1.165) is 12.1 Å². The Kier molecular flexibility index (Phi) is 4.12. The van der Waals surface area contributed by atoms with Crippen LogP contribution in [0.3, 0.4) is 0 Å². The zero-order valence-electron chi connectivity index (χ0n) is 12.8. The molecule has 0 saturated carbocycles. The highest BCUT2D eigenvalue weighted by Crippen LogP contribution is 2.31. The molecule has 0 aliphatic heterocycles. The average molecular weight is 340 g/mol. The van der Waals surface area contributed by atoms with Crippen molar-refractivity contribution in [3.63, 3.8) is 0 Å². The number of nitrogens with zero attached hydrogens (tertiary/aromatic N) is 3. The van der Waals surface area contributed by atoms with E-state index in [9.17, 15) is 20.2 Å². The third-order valence-corrected chi connectivity index (χ3v) is 3.48. The highest BCUT2D eigenvalue weighted by atomic mass is 16.6. The molecule has 0 spiro atoms. The molecule has 9 heteroatoms. The Balaban J connectivity index is 1.92. The summed E-state index contributed by atoms with van der Waals surface area (Å²) in [5.74, 6) is 0.566. The zero-order valence-corrected chi connectivity index (χ0v) is 12.8. The Bertz CT molecular complexity index is 989. The third kappa shape index (κ3) is 3.44. The lowest BCUT2D eigenvalue weighted by Crippen LogP contribution is -2.00. The molecule has 0 saturated heterocycles. The maximum atomic E-state index is 11.0. The summed E-state index contributed by atoms with van der Waals surface area (Å²) in [5, 5.41) is 22.4. The molecule has 0 aliphatic rings. The minimum atomic E-state index is -0.796. The molecule has 1 aromatic heterocycles. The smallest absolute Gasteiger partial charge is 0.348 e. The predicted octanol–water partition coefficient (Wildman–Crippen LogP) is 3.21. The quantitative estimate of drug-likeness (QED) is 0.428. The van der Waals surface area contributed by atoms with Gasteiger partial charge in [0.05, 0.1) is 21.1 Å². The number of nitrogen functional groups attached to an aromatic ring is 1. The first-order chi connectivity index (χ1) is 11.9. The summed E-state index contributed by atoms with van der Waals surface area (Å²) < 4.78 is 5.58. The summed E-state index contributed by atoms with van der Waals surface area (Å²) in [7, 11) is 0. The number of fused-ring (bicyclic) bond motifs is 1. The molecule has 2 N–H and O–H groups in total. The third-order valence-electron chi connectivity index (χ3n) is 3.48. The summed E-state index contributed by atoms with van der Waals surface area (Å²) in [6, 6.07) is 12.4. The second-order valence-corrected chi connectivity index (χ2v) is 5.21. The highest BCUT2D eigenvalue weighted by Gasteiger charge is 2.25. The summed E-state index contributed by atoms with van der Waals surface area (Å²) in [6.07, 6.45) is 0. The number of nitro benzene ring substituents is 2. The van der Waals surface area contributed by atoms with Crippen LogP contribution in [0.2, 0.25) is 0 Å². The van der Waals surface area contributed by atoms with Gasteiger partial charge in [-0.1, -0.05) is 12.1 Å². The van der Waals surface area contributed by atoms with Crippen molar-refractivity contribution in [2.75, 3.05) is 5.73 Å². The van der Waals surface area contributed by atoms with Crippen molar-refractivity contribution in [2.45, 2.75) is 6.61 Å². The maximum absolute atomic E-state index is 11.0. The van der Waals surface area contributed by atoms with E-state index in [4.69, 9.17) is 10.5 Å². The number of nitro groups is 2. The Morgan fingerprint density at radius 2 is 1.72 bits per heavy atom. The van der Waals surface area contributed by atoms with E-state index in [1.54, 1.807) is 36.4 Å². The Labute approximate surface area is 141 Å².